The monoisotopic (exact) mass is 192 g/mol. The standard InChI is InChI=1S/C11H16N2O/c1-3-11(12)13-10-7-5-4-6-9(10)8-14-2/h4-7H,3,8H2,1-2H3,(H2,12,13). The van der Waals surface area contributed by atoms with Gasteiger partial charge in [-0.2, -0.15) is 0 Å². The van der Waals surface area contributed by atoms with E-state index in [2.05, 4.69) is 4.99 Å². The fraction of sp³-hybridized carbons (Fsp3) is 0.364. The van der Waals surface area contributed by atoms with Gasteiger partial charge in [-0.1, -0.05) is 25.1 Å². The van der Waals surface area contributed by atoms with Gasteiger partial charge in [0.1, 0.15) is 0 Å². The lowest BCUT2D eigenvalue weighted by Gasteiger charge is -2.04. The summed E-state index contributed by atoms with van der Waals surface area (Å²) in [6, 6.07) is 7.85. The Balaban J connectivity index is 2.95. The SMILES string of the molecule is CCC(N)=Nc1ccccc1COC. The average molecular weight is 192 g/mol. The Morgan fingerprint density at radius 3 is 2.79 bits per heavy atom. The minimum Gasteiger partial charge on any atom is -0.387 e. The van der Waals surface area contributed by atoms with Crippen LogP contribution >= 0.6 is 0 Å². The van der Waals surface area contributed by atoms with Gasteiger partial charge in [-0.25, -0.2) is 4.99 Å². The Bertz CT molecular complexity index is 321. The summed E-state index contributed by atoms with van der Waals surface area (Å²) < 4.78 is 5.07. The Labute approximate surface area is 84.6 Å². The van der Waals surface area contributed by atoms with Crippen LogP contribution in [0.3, 0.4) is 0 Å². The smallest absolute Gasteiger partial charge is 0.0993 e. The van der Waals surface area contributed by atoms with Crippen LogP contribution in [0.4, 0.5) is 5.69 Å². The first-order valence-electron chi connectivity index (χ1n) is 4.67. The van der Waals surface area contributed by atoms with E-state index in [9.17, 15) is 0 Å². The lowest BCUT2D eigenvalue weighted by atomic mass is 10.2. The summed E-state index contributed by atoms with van der Waals surface area (Å²) in [6.45, 7) is 2.55. The molecule has 0 unspecified atom stereocenters. The number of ether oxygens (including phenoxy) is 1. The molecule has 14 heavy (non-hydrogen) atoms. The Kier molecular flexibility index (Phi) is 4.13. The van der Waals surface area contributed by atoms with Crippen LogP contribution in [0.5, 0.6) is 0 Å². The number of nitrogens with zero attached hydrogens (tertiary/aromatic N) is 1. The molecule has 1 rings (SSSR count). The van der Waals surface area contributed by atoms with Gasteiger partial charge in [0, 0.05) is 19.1 Å². The summed E-state index contributed by atoms with van der Waals surface area (Å²) in [6.07, 6.45) is 0.765. The molecule has 1 aromatic carbocycles. The highest BCUT2D eigenvalue weighted by atomic mass is 16.5. The van der Waals surface area contributed by atoms with Crippen LogP contribution in [-0.2, 0) is 11.3 Å². The van der Waals surface area contributed by atoms with Crippen LogP contribution in [0.25, 0.3) is 0 Å². The molecule has 0 aliphatic rings. The zero-order valence-corrected chi connectivity index (χ0v) is 8.66. The number of hydrogen-bond donors (Lipinski definition) is 1. The van der Waals surface area contributed by atoms with Crippen molar-refractivity contribution in [1.29, 1.82) is 0 Å². The van der Waals surface area contributed by atoms with Gasteiger partial charge in [0.15, 0.2) is 0 Å². The third kappa shape index (κ3) is 2.85. The van der Waals surface area contributed by atoms with Crippen LogP contribution in [0.2, 0.25) is 0 Å². The molecule has 0 aromatic heterocycles. The zero-order chi connectivity index (χ0) is 10.4. The minimum absolute atomic E-state index is 0.566. The molecule has 3 nitrogen and oxygen atoms in total. The lowest BCUT2D eigenvalue weighted by molar-refractivity contribution is 0.185. The molecule has 0 radical (unpaired) electrons. The maximum absolute atomic E-state index is 5.68. The van der Waals surface area contributed by atoms with Crippen LogP contribution in [0, 0.1) is 0 Å². The average Bonchev–Trinajstić information content (AvgIpc) is 2.21. The molecule has 0 aliphatic heterocycles. The number of nitrogens with two attached hydrogens (primary N) is 1. The third-order valence-corrected chi connectivity index (χ3v) is 1.92. The number of para-hydroxylation sites is 1. The second-order valence-electron chi connectivity index (χ2n) is 3.02. The molecular weight excluding hydrogens is 176 g/mol. The quantitative estimate of drug-likeness (QED) is 0.587. The molecule has 0 heterocycles. The first-order chi connectivity index (χ1) is 6.77. The van der Waals surface area contributed by atoms with Crippen LogP contribution < -0.4 is 5.73 Å². The highest BCUT2D eigenvalue weighted by Gasteiger charge is 1.99. The van der Waals surface area contributed by atoms with Crippen molar-refractivity contribution in [1.82, 2.24) is 0 Å². The number of aliphatic imine (C=N–C) groups is 1. The molecule has 2 N–H and O–H groups in total. The van der Waals surface area contributed by atoms with Gasteiger partial charge < -0.3 is 10.5 Å². The van der Waals surface area contributed by atoms with E-state index in [1.807, 2.05) is 31.2 Å². The molecule has 0 saturated carbocycles. The van der Waals surface area contributed by atoms with E-state index in [0.717, 1.165) is 17.7 Å². The molecule has 0 atom stereocenters. The van der Waals surface area contributed by atoms with Gasteiger partial charge in [0.25, 0.3) is 0 Å². The van der Waals surface area contributed by atoms with Crippen molar-refractivity contribution in [3.8, 4) is 0 Å². The summed E-state index contributed by atoms with van der Waals surface area (Å²) >= 11 is 0. The van der Waals surface area contributed by atoms with E-state index in [4.69, 9.17) is 10.5 Å². The minimum atomic E-state index is 0.566. The normalized spacial score (nSPS) is 11.7. The maximum atomic E-state index is 5.68. The van der Waals surface area contributed by atoms with E-state index in [1.165, 1.54) is 0 Å². The fourth-order valence-electron chi connectivity index (χ4n) is 1.13. The highest BCUT2D eigenvalue weighted by Crippen LogP contribution is 2.19. The molecule has 0 spiro atoms. The van der Waals surface area contributed by atoms with Crippen LogP contribution in [0.15, 0.2) is 29.3 Å². The molecule has 0 aliphatic carbocycles. The van der Waals surface area contributed by atoms with Gasteiger partial charge in [0.05, 0.1) is 18.1 Å². The summed E-state index contributed by atoms with van der Waals surface area (Å²) in [5.41, 5.74) is 7.64. The third-order valence-electron chi connectivity index (χ3n) is 1.92. The summed E-state index contributed by atoms with van der Waals surface area (Å²) in [5, 5.41) is 0. The first kappa shape index (κ1) is 10.7. The van der Waals surface area contributed by atoms with E-state index in [-0.39, 0.29) is 0 Å². The van der Waals surface area contributed by atoms with E-state index < -0.39 is 0 Å². The summed E-state index contributed by atoms with van der Waals surface area (Å²) in [7, 11) is 1.67. The largest absolute Gasteiger partial charge is 0.387 e. The maximum Gasteiger partial charge on any atom is 0.0993 e. The fourth-order valence-corrected chi connectivity index (χ4v) is 1.13. The van der Waals surface area contributed by atoms with Gasteiger partial charge in [0.2, 0.25) is 0 Å². The van der Waals surface area contributed by atoms with Crippen LogP contribution in [0.1, 0.15) is 18.9 Å². The molecule has 76 valence electrons. The summed E-state index contributed by atoms with van der Waals surface area (Å²) in [5.74, 6) is 0.647. The van der Waals surface area contributed by atoms with Crippen molar-refractivity contribution in [2.45, 2.75) is 20.0 Å². The van der Waals surface area contributed by atoms with Gasteiger partial charge in [-0.3, -0.25) is 0 Å². The Morgan fingerprint density at radius 1 is 1.43 bits per heavy atom. The number of hydrogen-bond acceptors (Lipinski definition) is 2. The van der Waals surface area contributed by atoms with Gasteiger partial charge in [-0.15, -0.1) is 0 Å². The molecule has 0 fully saturated rings. The van der Waals surface area contributed by atoms with Crippen molar-refractivity contribution in [3.63, 3.8) is 0 Å². The van der Waals surface area contributed by atoms with Crippen LogP contribution in [-0.4, -0.2) is 12.9 Å². The van der Waals surface area contributed by atoms with Gasteiger partial charge in [-0.05, 0) is 6.07 Å². The predicted octanol–water partition coefficient (Wildman–Crippen LogP) is 2.23. The van der Waals surface area contributed by atoms with Crippen molar-refractivity contribution >= 4 is 11.5 Å². The molecule has 3 heteroatoms. The first-order valence-corrected chi connectivity index (χ1v) is 4.67. The topological polar surface area (TPSA) is 47.6 Å². The predicted molar refractivity (Wildman–Crippen MR) is 58.7 cm³/mol. The lowest BCUT2D eigenvalue weighted by Crippen LogP contribution is -2.08. The molecule has 0 saturated heterocycles. The second-order valence-corrected chi connectivity index (χ2v) is 3.02. The van der Waals surface area contributed by atoms with Crippen molar-refractivity contribution in [2.75, 3.05) is 7.11 Å². The number of amidine groups is 1. The van der Waals surface area contributed by atoms with Gasteiger partial charge >= 0.3 is 0 Å². The molecule has 1 aromatic rings. The molecule has 0 amide bonds. The Morgan fingerprint density at radius 2 is 2.14 bits per heavy atom. The number of methoxy groups -OCH3 is 1. The van der Waals surface area contributed by atoms with Crippen molar-refractivity contribution in [2.24, 2.45) is 10.7 Å². The summed E-state index contributed by atoms with van der Waals surface area (Å²) in [4.78, 5) is 4.31. The second kappa shape index (κ2) is 5.40. The highest BCUT2D eigenvalue weighted by molar-refractivity contribution is 5.83. The Hall–Kier alpha value is -1.35. The number of rotatable bonds is 4. The zero-order valence-electron chi connectivity index (χ0n) is 8.66. The van der Waals surface area contributed by atoms with Crippen molar-refractivity contribution in [3.05, 3.63) is 29.8 Å². The van der Waals surface area contributed by atoms with Crippen molar-refractivity contribution < 1.29 is 4.74 Å². The van der Waals surface area contributed by atoms with E-state index in [1.54, 1.807) is 7.11 Å². The molecular formula is C11H16N2O. The molecule has 0 bridgehead atoms. The van der Waals surface area contributed by atoms with E-state index >= 15 is 0 Å². The number of benzene rings is 1. The van der Waals surface area contributed by atoms with E-state index in [0.29, 0.717) is 12.4 Å².